The molecule has 3 aromatic carbocycles. The van der Waals surface area contributed by atoms with Crippen molar-refractivity contribution in [2.24, 2.45) is 5.41 Å². The van der Waals surface area contributed by atoms with Gasteiger partial charge in [-0.1, -0.05) is 56.1 Å². The van der Waals surface area contributed by atoms with Gasteiger partial charge in [-0.3, -0.25) is 4.79 Å². The van der Waals surface area contributed by atoms with E-state index in [-0.39, 0.29) is 29.8 Å². The molecule has 0 spiro atoms. The number of amides is 1. The number of halogens is 3. The lowest BCUT2D eigenvalue weighted by molar-refractivity contribution is -0.140. The molecule has 3 rings (SSSR count). The molecule has 0 unspecified atom stereocenters. The van der Waals surface area contributed by atoms with E-state index in [2.05, 4.69) is 5.32 Å². The number of ether oxygens (including phenoxy) is 1. The van der Waals surface area contributed by atoms with Crippen molar-refractivity contribution in [2.45, 2.75) is 39.8 Å². The highest BCUT2D eigenvalue weighted by molar-refractivity contribution is 6.42. The van der Waals surface area contributed by atoms with Crippen LogP contribution in [-0.2, 0) is 11.4 Å². The largest absolute Gasteiger partial charge is 0.487 e. The van der Waals surface area contributed by atoms with Crippen LogP contribution in [0.25, 0.3) is 10.8 Å². The van der Waals surface area contributed by atoms with Gasteiger partial charge in [0.2, 0.25) is 0 Å². The maximum atomic E-state index is 13.8. The first-order valence-electron chi connectivity index (χ1n) is 10.3. The van der Waals surface area contributed by atoms with Gasteiger partial charge in [0.05, 0.1) is 15.6 Å². The number of carboxylic acids is 1. The zero-order valence-electron chi connectivity index (χ0n) is 18.4. The van der Waals surface area contributed by atoms with Gasteiger partial charge in [-0.15, -0.1) is 0 Å². The molecule has 0 saturated heterocycles. The van der Waals surface area contributed by atoms with Gasteiger partial charge in [0.1, 0.15) is 24.2 Å². The zero-order valence-corrected chi connectivity index (χ0v) is 19.9. The summed E-state index contributed by atoms with van der Waals surface area (Å²) in [7, 11) is 0. The van der Waals surface area contributed by atoms with Crippen LogP contribution in [0, 0.1) is 11.2 Å². The molecule has 0 saturated carbocycles. The van der Waals surface area contributed by atoms with E-state index < -0.39 is 23.7 Å². The molecule has 0 aliphatic heterocycles. The standard InChI is InChI=1S/C25H24Cl2FNO4/c1-25(2,3)12-21(24(31)32)29-23(30)18-7-5-15-11-16(28)6-8-17(15)22(18)33-13-14-4-9-19(26)20(27)10-14/h4-11,21H,12-13H2,1-3H3,(H,29,30)(H,31,32)/t21-/m0/s1. The van der Waals surface area contributed by atoms with Crippen molar-refractivity contribution in [3.05, 3.63) is 75.5 Å². The van der Waals surface area contributed by atoms with Crippen LogP contribution < -0.4 is 10.1 Å². The fourth-order valence-corrected chi connectivity index (χ4v) is 3.76. The van der Waals surface area contributed by atoms with E-state index in [1.54, 1.807) is 24.3 Å². The number of nitrogens with one attached hydrogen (secondary N) is 1. The van der Waals surface area contributed by atoms with E-state index >= 15 is 0 Å². The summed E-state index contributed by atoms with van der Waals surface area (Å²) in [5.41, 5.74) is 0.546. The lowest BCUT2D eigenvalue weighted by Gasteiger charge is -2.24. The van der Waals surface area contributed by atoms with E-state index in [1.807, 2.05) is 20.8 Å². The van der Waals surface area contributed by atoms with Gasteiger partial charge in [0.25, 0.3) is 5.91 Å². The first-order chi connectivity index (χ1) is 15.4. The van der Waals surface area contributed by atoms with Gasteiger partial charge in [0.15, 0.2) is 0 Å². The van der Waals surface area contributed by atoms with Gasteiger partial charge >= 0.3 is 5.97 Å². The van der Waals surface area contributed by atoms with Crippen LogP contribution in [-0.4, -0.2) is 23.0 Å². The summed E-state index contributed by atoms with van der Waals surface area (Å²) < 4.78 is 19.8. The molecular weight excluding hydrogens is 468 g/mol. The molecule has 1 amide bonds. The molecule has 0 bridgehead atoms. The Balaban J connectivity index is 1.97. The fraction of sp³-hybridized carbons (Fsp3) is 0.280. The van der Waals surface area contributed by atoms with Crippen LogP contribution >= 0.6 is 23.2 Å². The van der Waals surface area contributed by atoms with E-state index in [4.69, 9.17) is 27.9 Å². The van der Waals surface area contributed by atoms with Crippen molar-refractivity contribution in [1.82, 2.24) is 5.32 Å². The predicted octanol–water partition coefficient (Wildman–Crippen LogP) is 6.48. The maximum absolute atomic E-state index is 13.8. The van der Waals surface area contributed by atoms with Crippen LogP contribution in [0.2, 0.25) is 10.0 Å². The quantitative estimate of drug-likeness (QED) is 0.396. The zero-order chi connectivity index (χ0) is 24.3. The fourth-order valence-electron chi connectivity index (χ4n) is 3.44. The van der Waals surface area contributed by atoms with Gasteiger partial charge in [-0.25, -0.2) is 9.18 Å². The second-order valence-electron chi connectivity index (χ2n) is 8.97. The first-order valence-corrected chi connectivity index (χ1v) is 11.0. The molecule has 3 aromatic rings. The van der Waals surface area contributed by atoms with Gasteiger partial charge in [-0.05, 0) is 59.2 Å². The van der Waals surface area contributed by atoms with Crippen LogP contribution in [0.5, 0.6) is 5.75 Å². The number of benzene rings is 3. The molecule has 5 nitrogen and oxygen atoms in total. The van der Waals surface area contributed by atoms with Crippen molar-refractivity contribution in [3.63, 3.8) is 0 Å². The minimum absolute atomic E-state index is 0.0675. The van der Waals surface area contributed by atoms with Crippen molar-refractivity contribution in [1.29, 1.82) is 0 Å². The maximum Gasteiger partial charge on any atom is 0.326 e. The van der Waals surface area contributed by atoms with Crippen molar-refractivity contribution >= 4 is 45.9 Å². The molecule has 2 N–H and O–H groups in total. The Morgan fingerprint density at radius 3 is 2.42 bits per heavy atom. The number of hydrogen-bond acceptors (Lipinski definition) is 3. The second-order valence-corrected chi connectivity index (χ2v) is 9.79. The lowest BCUT2D eigenvalue weighted by Crippen LogP contribution is -2.43. The second kappa shape index (κ2) is 9.98. The average Bonchev–Trinajstić information content (AvgIpc) is 2.72. The number of fused-ring (bicyclic) bond motifs is 1. The minimum Gasteiger partial charge on any atom is -0.487 e. The van der Waals surface area contributed by atoms with Crippen LogP contribution in [0.4, 0.5) is 4.39 Å². The summed E-state index contributed by atoms with van der Waals surface area (Å²) in [6.07, 6.45) is 0.242. The van der Waals surface area contributed by atoms with E-state index in [0.29, 0.717) is 26.4 Å². The summed E-state index contributed by atoms with van der Waals surface area (Å²) in [5.74, 6) is -1.93. The Morgan fingerprint density at radius 1 is 1.06 bits per heavy atom. The summed E-state index contributed by atoms with van der Waals surface area (Å²) in [4.78, 5) is 24.9. The van der Waals surface area contributed by atoms with Crippen molar-refractivity contribution in [3.8, 4) is 5.75 Å². The van der Waals surface area contributed by atoms with Crippen molar-refractivity contribution < 1.29 is 23.8 Å². The average molecular weight is 492 g/mol. The lowest BCUT2D eigenvalue weighted by atomic mass is 9.88. The van der Waals surface area contributed by atoms with Gasteiger partial charge in [-0.2, -0.15) is 0 Å². The molecule has 0 radical (unpaired) electrons. The summed E-state index contributed by atoms with van der Waals surface area (Å²) in [5, 5.41) is 14.0. The monoisotopic (exact) mass is 491 g/mol. The third kappa shape index (κ3) is 6.36. The number of hydrogen-bond donors (Lipinski definition) is 2. The van der Waals surface area contributed by atoms with Crippen LogP contribution in [0.1, 0.15) is 43.1 Å². The summed E-state index contributed by atoms with van der Waals surface area (Å²) >= 11 is 12.0. The molecule has 0 heterocycles. The predicted molar refractivity (Wildman–Crippen MR) is 128 cm³/mol. The van der Waals surface area contributed by atoms with Crippen LogP contribution in [0.3, 0.4) is 0 Å². The van der Waals surface area contributed by atoms with E-state index in [1.165, 1.54) is 24.3 Å². The topological polar surface area (TPSA) is 75.6 Å². The van der Waals surface area contributed by atoms with E-state index in [9.17, 15) is 19.1 Å². The number of carboxylic acid groups (broad SMARTS) is 1. The SMILES string of the molecule is CC(C)(C)C[C@H](NC(=O)c1ccc2cc(F)ccc2c1OCc1ccc(Cl)c(Cl)c1)C(=O)O. The summed E-state index contributed by atoms with van der Waals surface area (Å²) in [6.45, 7) is 5.75. The molecule has 174 valence electrons. The molecule has 0 aliphatic rings. The minimum atomic E-state index is -1.13. The molecular formula is C25H24Cl2FNO4. The third-order valence-electron chi connectivity index (χ3n) is 4.96. The Labute approximate surface area is 201 Å². The molecule has 8 heteroatoms. The number of rotatable bonds is 7. The van der Waals surface area contributed by atoms with Crippen LogP contribution in [0.15, 0.2) is 48.5 Å². The third-order valence-corrected chi connectivity index (χ3v) is 5.70. The van der Waals surface area contributed by atoms with Gasteiger partial charge in [0, 0.05) is 5.39 Å². The van der Waals surface area contributed by atoms with E-state index in [0.717, 1.165) is 0 Å². The molecule has 0 aliphatic carbocycles. The first kappa shape index (κ1) is 24.8. The Kier molecular flexibility index (Phi) is 7.50. The highest BCUT2D eigenvalue weighted by atomic mass is 35.5. The number of aliphatic carboxylic acids is 1. The Hall–Kier alpha value is -2.83. The highest BCUT2D eigenvalue weighted by Crippen LogP contribution is 2.32. The number of carbonyl (C=O) groups is 2. The molecule has 0 aromatic heterocycles. The Bertz CT molecular complexity index is 1210. The smallest absolute Gasteiger partial charge is 0.326 e. The Morgan fingerprint density at radius 2 is 1.79 bits per heavy atom. The molecule has 1 atom stereocenters. The van der Waals surface area contributed by atoms with Gasteiger partial charge < -0.3 is 15.2 Å². The normalized spacial score (nSPS) is 12.4. The van der Waals surface area contributed by atoms with Crippen molar-refractivity contribution in [2.75, 3.05) is 0 Å². The summed E-state index contributed by atoms with van der Waals surface area (Å²) in [6, 6.07) is 11.2. The molecule has 33 heavy (non-hydrogen) atoms. The highest BCUT2D eigenvalue weighted by Gasteiger charge is 2.28. The molecule has 0 fully saturated rings. The number of carbonyl (C=O) groups excluding carboxylic acids is 1.